The number of aromatic nitrogens is 2. The maximum absolute atomic E-state index is 12.1. The average Bonchev–Trinajstić information content (AvgIpc) is 2.75. The molecular formula is C11H18N4O. The van der Waals surface area contributed by atoms with E-state index in [1.54, 1.807) is 17.1 Å². The molecule has 0 saturated carbocycles. The lowest BCUT2D eigenvalue weighted by atomic mass is 10.3. The molecule has 2 heterocycles. The number of hydrogen-bond donors (Lipinski definition) is 0. The minimum Gasteiger partial charge on any atom is -0.335 e. The molecule has 1 aromatic rings. The van der Waals surface area contributed by atoms with Crippen LogP contribution in [-0.4, -0.2) is 58.0 Å². The molecule has 0 spiro atoms. The van der Waals surface area contributed by atoms with Gasteiger partial charge in [-0.25, -0.2) is 4.98 Å². The van der Waals surface area contributed by atoms with E-state index < -0.39 is 0 Å². The maximum Gasteiger partial charge on any atom is 0.272 e. The molecule has 5 nitrogen and oxygen atoms in total. The summed E-state index contributed by atoms with van der Waals surface area (Å²) in [5, 5.41) is 0. The van der Waals surface area contributed by atoms with E-state index in [0.29, 0.717) is 5.69 Å². The summed E-state index contributed by atoms with van der Waals surface area (Å²) in [4.78, 5) is 20.4. The zero-order valence-corrected chi connectivity index (χ0v) is 9.89. The summed E-state index contributed by atoms with van der Waals surface area (Å²) in [5.74, 6) is 0.0933. The third-order valence-electron chi connectivity index (χ3n) is 3.14. The van der Waals surface area contributed by atoms with Crippen LogP contribution in [0.2, 0.25) is 0 Å². The summed E-state index contributed by atoms with van der Waals surface area (Å²) in [6.07, 6.45) is 3.30. The first kappa shape index (κ1) is 11.1. The van der Waals surface area contributed by atoms with Crippen molar-refractivity contribution in [3.05, 3.63) is 18.2 Å². The predicted octanol–water partition coefficient (Wildman–Crippen LogP) is 0.198. The van der Waals surface area contributed by atoms with Gasteiger partial charge in [-0.3, -0.25) is 4.79 Å². The largest absolute Gasteiger partial charge is 0.335 e. The molecule has 1 aliphatic rings. The Labute approximate surface area is 95.7 Å². The average molecular weight is 222 g/mol. The van der Waals surface area contributed by atoms with Crippen LogP contribution in [0.4, 0.5) is 0 Å². The van der Waals surface area contributed by atoms with E-state index in [1.165, 1.54) is 0 Å². The molecule has 16 heavy (non-hydrogen) atoms. The Hall–Kier alpha value is -1.36. The predicted molar refractivity (Wildman–Crippen MR) is 61.2 cm³/mol. The van der Waals surface area contributed by atoms with Crippen molar-refractivity contribution < 1.29 is 4.79 Å². The van der Waals surface area contributed by atoms with Gasteiger partial charge in [-0.15, -0.1) is 0 Å². The quantitative estimate of drug-likeness (QED) is 0.717. The summed E-state index contributed by atoms with van der Waals surface area (Å²) in [6, 6.07) is 0. The van der Waals surface area contributed by atoms with Crippen LogP contribution < -0.4 is 0 Å². The summed E-state index contributed by atoms with van der Waals surface area (Å²) >= 11 is 0. The van der Waals surface area contributed by atoms with E-state index in [1.807, 2.05) is 11.9 Å². The maximum atomic E-state index is 12.1. The van der Waals surface area contributed by atoms with Crippen LogP contribution in [0.25, 0.3) is 0 Å². The van der Waals surface area contributed by atoms with Crippen molar-refractivity contribution in [3.63, 3.8) is 0 Å². The summed E-state index contributed by atoms with van der Waals surface area (Å²) in [7, 11) is 1.85. The molecular weight excluding hydrogens is 204 g/mol. The summed E-state index contributed by atoms with van der Waals surface area (Å²) in [5.41, 5.74) is 0.671. The number of hydrogen-bond acceptors (Lipinski definition) is 3. The lowest BCUT2D eigenvalue weighted by Gasteiger charge is -2.33. The zero-order valence-electron chi connectivity index (χ0n) is 9.89. The fourth-order valence-electron chi connectivity index (χ4n) is 1.99. The SMILES string of the molecule is CCN1CCN(C(=O)c2cncn2C)CC1. The molecule has 1 aliphatic heterocycles. The molecule has 0 bridgehead atoms. The van der Waals surface area contributed by atoms with Crippen molar-refractivity contribution in [1.29, 1.82) is 0 Å². The molecule has 0 N–H and O–H groups in total. The highest BCUT2D eigenvalue weighted by Crippen LogP contribution is 2.07. The van der Waals surface area contributed by atoms with E-state index in [9.17, 15) is 4.79 Å². The highest BCUT2D eigenvalue weighted by Gasteiger charge is 2.22. The summed E-state index contributed by atoms with van der Waals surface area (Å²) < 4.78 is 1.77. The minimum absolute atomic E-state index is 0.0933. The second kappa shape index (κ2) is 4.65. The molecule has 1 saturated heterocycles. The van der Waals surface area contributed by atoms with Crippen molar-refractivity contribution in [3.8, 4) is 0 Å². The molecule has 0 unspecified atom stereocenters. The highest BCUT2D eigenvalue weighted by molar-refractivity contribution is 5.92. The van der Waals surface area contributed by atoms with Gasteiger partial charge in [0.15, 0.2) is 0 Å². The van der Waals surface area contributed by atoms with Gasteiger partial charge in [-0.05, 0) is 6.54 Å². The van der Waals surface area contributed by atoms with Gasteiger partial charge >= 0.3 is 0 Å². The number of piperazine rings is 1. The van der Waals surface area contributed by atoms with E-state index in [0.717, 1.165) is 32.7 Å². The Bertz CT molecular complexity index is 366. The van der Waals surface area contributed by atoms with Crippen LogP contribution in [0.1, 0.15) is 17.4 Å². The zero-order chi connectivity index (χ0) is 11.5. The molecule has 0 aromatic carbocycles. The second-order valence-electron chi connectivity index (χ2n) is 4.12. The topological polar surface area (TPSA) is 41.4 Å². The third-order valence-corrected chi connectivity index (χ3v) is 3.14. The first-order chi connectivity index (χ1) is 7.72. The number of nitrogens with zero attached hydrogens (tertiary/aromatic N) is 4. The highest BCUT2D eigenvalue weighted by atomic mass is 16.2. The molecule has 0 radical (unpaired) electrons. The number of likely N-dealkylation sites (N-methyl/N-ethyl adjacent to an activating group) is 1. The van der Waals surface area contributed by atoms with Crippen LogP contribution >= 0.6 is 0 Å². The van der Waals surface area contributed by atoms with Gasteiger partial charge in [0, 0.05) is 33.2 Å². The van der Waals surface area contributed by atoms with E-state index in [2.05, 4.69) is 16.8 Å². The molecule has 1 fully saturated rings. The van der Waals surface area contributed by atoms with Crippen molar-refractivity contribution in [2.45, 2.75) is 6.92 Å². The number of carbonyl (C=O) groups is 1. The molecule has 1 amide bonds. The molecule has 0 atom stereocenters. The van der Waals surface area contributed by atoms with Crippen molar-refractivity contribution >= 4 is 5.91 Å². The second-order valence-corrected chi connectivity index (χ2v) is 4.12. The van der Waals surface area contributed by atoms with Crippen LogP contribution in [-0.2, 0) is 7.05 Å². The van der Waals surface area contributed by atoms with E-state index in [-0.39, 0.29) is 5.91 Å². The fourth-order valence-corrected chi connectivity index (χ4v) is 1.99. The van der Waals surface area contributed by atoms with Gasteiger partial charge < -0.3 is 14.4 Å². The fraction of sp³-hybridized carbons (Fsp3) is 0.636. The monoisotopic (exact) mass is 222 g/mol. The van der Waals surface area contributed by atoms with Crippen molar-refractivity contribution in [2.24, 2.45) is 7.05 Å². The van der Waals surface area contributed by atoms with Gasteiger partial charge in [0.1, 0.15) is 5.69 Å². The molecule has 1 aromatic heterocycles. The Balaban J connectivity index is 2.00. The van der Waals surface area contributed by atoms with Crippen molar-refractivity contribution in [1.82, 2.24) is 19.4 Å². The first-order valence-corrected chi connectivity index (χ1v) is 5.70. The van der Waals surface area contributed by atoms with Gasteiger partial charge in [0.2, 0.25) is 0 Å². The normalized spacial score (nSPS) is 17.8. The molecule has 2 rings (SSSR count). The Morgan fingerprint density at radius 3 is 2.56 bits per heavy atom. The van der Waals surface area contributed by atoms with Gasteiger partial charge in [-0.2, -0.15) is 0 Å². The molecule has 88 valence electrons. The first-order valence-electron chi connectivity index (χ1n) is 5.70. The Kier molecular flexibility index (Phi) is 3.24. The lowest BCUT2D eigenvalue weighted by Crippen LogP contribution is -2.48. The van der Waals surface area contributed by atoms with Crippen LogP contribution in [0, 0.1) is 0 Å². The Morgan fingerprint density at radius 1 is 1.38 bits per heavy atom. The molecule has 0 aliphatic carbocycles. The smallest absolute Gasteiger partial charge is 0.272 e. The third kappa shape index (κ3) is 2.09. The minimum atomic E-state index is 0.0933. The number of carbonyl (C=O) groups excluding carboxylic acids is 1. The lowest BCUT2D eigenvalue weighted by molar-refractivity contribution is 0.0634. The number of rotatable bonds is 2. The van der Waals surface area contributed by atoms with Gasteiger partial charge in [0.25, 0.3) is 5.91 Å². The Morgan fingerprint density at radius 2 is 2.06 bits per heavy atom. The number of imidazole rings is 1. The number of aryl methyl sites for hydroxylation is 1. The molecule has 5 heteroatoms. The van der Waals surface area contributed by atoms with Gasteiger partial charge in [0.05, 0.1) is 12.5 Å². The van der Waals surface area contributed by atoms with Crippen molar-refractivity contribution in [2.75, 3.05) is 32.7 Å². The van der Waals surface area contributed by atoms with Crippen LogP contribution in [0.15, 0.2) is 12.5 Å². The van der Waals surface area contributed by atoms with E-state index >= 15 is 0 Å². The van der Waals surface area contributed by atoms with Crippen LogP contribution in [0.5, 0.6) is 0 Å². The standard InChI is InChI=1S/C11H18N4O/c1-3-14-4-6-15(7-5-14)11(16)10-8-12-9-13(10)2/h8-9H,3-7H2,1-2H3. The van der Waals surface area contributed by atoms with Gasteiger partial charge in [-0.1, -0.05) is 6.92 Å². The van der Waals surface area contributed by atoms with E-state index in [4.69, 9.17) is 0 Å². The van der Waals surface area contributed by atoms with Crippen LogP contribution in [0.3, 0.4) is 0 Å². The number of amides is 1. The summed E-state index contributed by atoms with van der Waals surface area (Å²) in [6.45, 7) is 6.79.